The summed E-state index contributed by atoms with van der Waals surface area (Å²) < 4.78 is 0. The fourth-order valence-corrected chi connectivity index (χ4v) is 2.25. The van der Waals surface area contributed by atoms with Crippen LogP contribution in [0.4, 0.5) is 0 Å². The minimum atomic E-state index is -0.0563. The molecule has 1 aromatic rings. The molecule has 0 bridgehead atoms. The maximum Gasteiger partial charge on any atom is 0.185 e. The second-order valence-corrected chi connectivity index (χ2v) is 5.01. The fraction of sp³-hybridized carbons (Fsp3) is 0.533. The minimum Gasteiger partial charge on any atom is -0.370 e. The van der Waals surface area contributed by atoms with Gasteiger partial charge in [-0.25, -0.2) is 0 Å². The summed E-state index contributed by atoms with van der Waals surface area (Å²) in [6, 6.07) is 10.7. The number of nitrogens with two attached hydrogens (primary N) is 2. The molecule has 0 amide bonds. The molecule has 0 spiro atoms. The van der Waals surface area contributed by atoms with Crippen molar-refractivity contribution in [3.05, 3.63) is 35.9 Å². The molecule has 19 heavy (non-hydrogen) atoms. The molecule has 5 N–H and O–H groups in total. The van der Waals surface area contributed by atoms with Crippen molar-refractivity contribution in [2.75, 3.05) is 6.54 Å². The average Bonchev–Trinajstić information content (AvgIpc) is 2.44. The van der Waals surface area contributed by atoms with Gasteiger partial charge < -0.3 is 16.8 Å². The van der Waals surface area contributed by atoms with Gasteiger partial charge in [-0.05, 0) is 25.3 Å². The van der Waals surface area contributed by atoms with Crippen LogP contribution < -0.4 is 16.8 Å². The first-order chi connectivity index (χ1) is 9.03. The predicted molar refractivity (Wildman–Crippen MR) is 82.0 cm³/mol. The van der Waals surface area contributed by atoms with Gasteiger partial charge >= 0.3 is 0 Å². The lowest BCUT2D eigenvalue weighted by molar-refractivity contribution is 0.281. The number of nitrogens with zero attached hydrogens (tertiary/aromatic N) is 1. The lowest BCUT2D eigenvalue weighted by atomic mass is 9.91. The van der Waals surface area contributed by atoms with E-state index >= 15 is 0 Å². The number of guanidine groups is 1. The van der Waals surface area contributed by atoms with Gasteiger partial charge in [-0.1, -0.05) is 44.2 Å². The van der Waals surface area contributed by atoms with Crippen LogP contribution in [-0.2, 0) is 0 Å². The Balaban J connectivity index is 2.80. The van der Waals surface area contributed by atoms with Crippen LogP contribution in [0.1, 0.15) is 45.2 Å². The third-order valence-electron chi connectivity index (χ3n) is 3.74. The molecule has 0 heterocycles. The van der Waals surface area contributed by atoms with Crippen LogP contribution in [0.25, 0.3) is 0 Å². The fourth-order valence-electron chi connectivity index (χ4n) is 2.25. The molecule has 0 aliphatic heterocycles. The highest BCUT2D eigenvalue weighted by atomic mass is 15.1. The largest absolute Gasteiger partial charge is 0.370 e. The maximum absolute atomic E-state index is 5.45. The van der Waals surface area contributed by atoms with Crippen LogP contribution in [0.15, 0.2) is 35.3 Å². The highest BCUT2D eigenvalue weighted by Gasteiger charge is 2.27. The Morgan fingerprint density at radius 3 is 2.26 bits per heavy atom. The molecule has 0 radical (unpaired) electrons. The first kappa shape index (κ1) is 15.5. The number of benzene rings is 1. The summed E-state index contributed by atoms with van der Waals surface area (Å²) in [6.45, 7) is 7.11. The van der Waals surface area contributed by atoms with E-state index in [2.05, 4.69) is 55.3 Å². The van der Waals surface area contributed by atoms with Gasteiger partial charge in [-0.15, -0.1) is 0 Å². The minimum absolute atomic E-state index is 0.0563. The summed E-state index contributed by atoms with van der Waals surface area (Å²) in [5.74, 6) is 0.153. The number of aliphatic imine (C=N–C) groups is 1. The van der Waals surface area contributed by atoms with E-state index in [1.54, 1.807) is 0 Å². The van der Waals surface area contributed by atoms with Gasteiger partial charge in [0, 0.05) is 11.6 Å². The summed E-state index contributed by atoms with van der Waals surface area (Å²) >= 11 is 0. The third kappa shape index (κ3) is 4.56. The summed E-state index contributed by atoms with van der Waals surface area (Å²) in [4.78, 5) is 4.20. The molecule has 0 unspecified atom stereocenters. The molecule has 0 aliphatic rings. The van der Waals surface area contributed by atoms with Crippen molar-refractivity contribution in [3.63, 3.8) is 0 Å². The van der Waals surface area contributed by atoms with Crippen molar-refractivity contribution in [1.82, 2.24) is 5.32 Å². The lowest BCUT2D eigenvalue weighted by Gasteiger charge is -2.35. The Hall–Kier alpha value is -1.55. The molecule has 1 rings (SSSR count). The molecule has 0 saturated heterocycles. The highest BCUT2D eigenvalue weighted by Crippen LogP contribution is 2.22. The van der Waals surface area contributed by atoms with Gasteiger partial charge in [0.1, 0.15) is 0 Å². The highest BCUT2D eigenvalue weighted by molar-refractivity contribution is 5.75. The van der Waals surface area contributed by atoms with Crippen LogP contribution in [0.2, 0.25) is 0 Å². The molecule has 0 fully saturated rings. The smallest absolute Gasteiger partial charge is 0.185 e. The topological polar surface area (TPSA) is 76.4 Å². The molecule has 0 saturated carbocycles. The second kappa shape index (κ2) is 7.14. The molecule has 106 valence electrons. The Labute approximate surface area is 116 Å². The van der Waals surface area contributed by atoms with Gasteiger partial charge in [0.15, 0.2) is 5.96 Å². The van der Waals surface area contributed by atoms with Crippen LogP contribution in [0.3, 0.4) is 0 Å². The van der Waals surface area contributed by atoms with E-state index in [1.807, 2.05) is 6.07 Å². The van der Waals surface area contributed by atoms with E-state index in [-0.39, 0.29) is 17.5 Å². The van der Waals surface area contributed by atoms with Crippen molar-refractivity contribution in [2.45, 2.75) is 45.2 Å². The molecular weight excluding hydrogens is 236 g/mol. The molecule has 1 aromatic carbocycles. The standard InChI is InChI=1S/C15H26N4/c1-4-15(5-2,11-18-14(16)17)19-12(3)13-9-7-6-8-10-13/h6-10,12,19H,4-5,11H2,1-3H3,(H4,16,17,18)/t12-/m1/s1. The Kier molecular flexibility index (Phi) is 5.83. The van der Waals surface area contributed by atoms with Crippen molar-refractivity contribution >= 4 is 5.96 Å². The zero-order valence-electron chi connectivity index (χ0n) is 12.2. The first-order valence-electron chi connectivity index (χ1n) is 6.91. The summed E-state index contributed by atoms with van der Waals surface area (Å²) in [5, 5.41) is 3.68. The van der Waals surface area contributed by atoms with Gasteiger partial charge in [0.25, 0.3) is 0 Å². The molecular formula is C15H26N4. The number of nitrogens with one attached hydrogen (secondary N) is 1. The first-order valence-corrected chi connectivity index (χ1v) is 6.91. The third-order valence-corrected chi connectivity index (χ3v) is 3.74. The number of hydrogen-bond acceptors (Lipinski definition) is 2. The molecule has 1 atom stereocenters. The van der Waals surface area contributed by atoms with Crippen LogP contribution in [0, 0.1) is 0 Å². The van der Waals surface area contributed by atoms with Gasteiger partial charge in [0.05, 0.1) is 6.54 Å². The quantitative estimate of drug-likeness (QED) is 0.520. The lowest BCUT2D eigenvalue weighted by Crippen LogP contribution is -2.48. The van der Waals surface area contributed by atoms with E-state index in [1.165, 1.54) is 5.56 Å². The van der Waals surface area contributed by atoms with Crippen LogP contribution >= 0.6 is 0 Å². The number of rotatable bonds is 7. The SMILES string of the molecule is CCC(CC)(CN=C(N)N)N[C@H](C)c1ccccc1. The molecule has 4 heteroatoms. The van der Waals surface area contributed by atoms with Crippen LogP contribution in [0.5, 0.6) is 0 Å². The van der Waals surface area contributed by atoms with E-state index in [9.17, 15) is 0 Å². The zero-order chi connectivity index (χ0) is 14.3. The zero-order valence-corrected chi connectivity index (χ0v) is 12.2. The van der Waals surface area contributed by atoms with Crippen molar-refractivity contribution in [1.29, 1.82) is 0 Å². The van der Waals surface area contributed by atoms with E-state index in [0.717, 1.165) is 12.8 Å². The maximum atomic E-state index is 5.45. The van der Waals surface area contributed by atoms with Crippen molar-refractivity contribution in [3.8, 4) is 0 Å². The Morgan fingerprint density at radius 1 is 1.21 bits per heavy atom. The van der Waals surface area contributed by atoms with E-state index in [0.29, 0.717) is 6.54 Å². The average molecular weight is 262 g/mol. The molecule has 0 aliphatic carbocycles. The van der Waals surface area contributed by atoms with Gasteiger partial charge in [0.2, 0.25) is 0 Å². The normalized spacial score (nSPS) is 13.0. The van der Waals surface area contributed by atoms with E-state index in [4.69, 9.17) is 11.5 Å². The van der Waals surface area contributed by atoms with Crippen molar-refractivity contribution in [2.24, 2.45) is 16.5 Å². The van der Waals surface area contributed by atoms with Crippen LogP contribution in [-0.4, -0.2) is 18.0 Å². The Morgan fingerprint density at radius 2 is 1.79 bits per heavy atom. The number of hydrogen-bond donors (Lipinski definition) is 3. The summed E-state index contributed by atoms with van der Waals surface area (Å²) in [7, 11) is 0. The van der Waals surface area contributed by atoms with E-state index < -0.39 is 0 Å². The molecule has 0 aromatic heterocycles. The Bertz CT molecular complexity index is 392. The van der Waals surface area contributed by atoms with Gasteiger partial charge in [-0.2, -0.15) is 0 Å². The van der Waals surface area contributed by atoms with Gasteiger partial charge in [-0.3, -0.25) is 4.99 Å². The van der Waals surface area contributed by atoms with Crippen molar-refractivity contribution < 1.29 is 0 Å². The summed E-state index contributed by atoms with van der Waals surface area (Å²) in [5.41, 5.74) is 12.1. The predicted octanol–water partition coefficient (Wildman–Crippen LogP) is 2.17. The summed E-state index contributed by atoms with van der Waals surface area (Å²) in [6.07, 6.45) is 1.97. The monoisotopic (exact) mass is 262 g/mol. The second-order valence-electron chi connectivity index (χ2n) is 5.01. The molecule has 4 nitrogen and oxygen atoms in total.